The lowest BCUT2D eigenvalue weighted by Crippen LogP contribution is -2.45. The molecule has 3 aromatic carbocycles. The average Bonchev–Trinajstić information content (AvgIpc) is 3.74. The largest absolute Gasteiger partial charge is 0.456 e. The van der Waals surface area contributed by atoms with Crippen molar-refractivity contribution in [1.29, 1.82) is 0 Å². The predicted molar refractivity (Wildman–Crippen MR) is 206 cm³/mol. The fourth-order valence-corrected chi connectivity index (χ4v) is 7.66. The zero-order chi connectivity index (χ0) is 36.1. The van der Waals surface area contributed by atoms with Crippen molar-refractivity contribution in [3.63, 3.8) is 0 Å². The van der Waals surface area contributed by atoms with Gasteiger partial charge in [0, 0.05) is 87.9 Å². The number of pyridine rings is 1. The Morgan fingerprint density at radius 1 is 1.00 bits per heavy atom. The van der Waals surface area contributed by atoms with Gasteiger partial charge in [0.2, 0.25) is 11.3 Å². The minimum Gasteiger partial charge on any atom is -0.456 e. The van der Waals surface area contributed by atoms with Crippen LogP contribution < -0.4 is 25.7 Å². The maximum Gasteiger partial charge on any atom is 0.256 e. The Morgan fingerprint density at radius 3 is 2.58 bits per heavy atom. The number of furan rings is 1. The summed E-state index contributed by atoms with van der Waals surface area (Å²) < 4.78 is 31.0. The molecular formula is C40H48FN7O5. The van der Waals surface area contributed by atoms with Gasteiger partial charge in [-0.25, -0.2) is 4.39 Å². The van der Waals surface area contributed by atoms with Crippen molar-refractivity contribution in [2.45, 2.75) is 32.7 Å². The smallest absolute Gasteiger partial charge is 0.256 e. The number of carbonyl (C=O) groups is 2. The summed E-state index contributed by atoms with van der Waals surface area (Å²) in [7, 11) is 5.95. The third-order valence-corrected chi connectivity index (χ3v) is 10.5. The summed E-state index contributed by atoms with van der Waals surface area (Å²) in [5.74, 6) is -0.555. The van der Waals surface area contributed by atoms with Gasteiger partial charge in [-0.3, -0.25) is 14.4 Å². The van der Waals surface area contributed by atoms with E-state index in [-0.39, 0.29) is 41.8 Å². The summed E-state index contributed by atoms with van der Waals surface area (Å²) in [4.78, 5) is 48.8. The minimum atomic E-state index is -0.631. The zero-order valence-electron chi connectivity index (χ0n) is 29.8. The number of hydrogen-bond acceptors (Lipinski definition) is 9. The molecule has 5 heterocycles. The fourth-order valence-electron chi connectivity index (χ4n) is 7.66. The molecule has 280 valence electrons. The Kier molecular flexibility index (Phi) is 10.2. The molecule has 2 N–H and O–H groups in total. The first-order valence-electron chi connectivity index (χ1n) is 18.1. The van der Waals surface area contributed by atoms with Crippen LogP contribution in [0.25, 0.3) is 38.5 Å². The summed E-state index contributed by atoms with van der Waals surface area (Å²) in [6.45, 7) is 6.75. The zero-order valence-corrected chi connectivity index (χ0v) is 29.8. The highest BCUT2D eigenvalue weighted by Crippen LogP contribution is 2.49. The van der Waals surface area contributed by atoms with E-state index in [1.54, 1.807) is 10.8 Å². The van der Waals surface area contributed by atoms with E-state index >= 15 is 4.39 Å². The number of ether oxygens (including phenoxy) is 1. The molecule has 0 unspecified atom stereocenters. The van der Waals surface area contributed by atoms with E-state index in [2.05, 4.69) is 27.5 Å². The molecule has 53 heavy (non-hydrogen) atoms. The maximum atomic E-state index is 16.4. The number of aromatic nitrogens is 1. The fraction of sp³-hybridized carbons (Fsp3) is 0.425. The van der Waals surface area contributed by atoms with Gasteiger partial charge in [0.25, 0.3) is 5.91 Å². The number of nitrogens with one attached hydrogen (secondary N) is 2. The molecule has 8 rings (SSSR count). The summed E-state index contributed by atoms with van der Waals surface area (Å²) in [5, 5.41) is 7.80. The predicted octanol–water partition coefficient (Wildman–Crippen LogP) is 4.78. The number of halogens is 1. The lowest BCUT2D eigenvalue weighted by Gasteiger charge is -2.32. The maximum absolute atomic E-state index is 16.4. The van der Waals surface area contributed by atoms with Gasteiger partial charge < -0.3 is 44.0 Å². The molecule has 13 heteroatoms. The van der Waals surface area contributed by atoms with Crippen LogP contribution in [0.5, 0.6) is 11.5 Å². The van der Waals surface area contributed by atoms with Crippen molar-refractivity contribution in [3.8, 4) is 17.2 Å². The number of hydrogen-bond donors (Lipinski definition) is 2. The van der Waals surface area contributed by atoms with E-state index in [9.17, 15) is 14.4 Å². The molecule has 2 fully saturated rings. The third-order valence-electron chi connectivity index (χ3n) is 10.5. The van der Waals surface area contributed by atoms with Crippen LogP contribution in [-0.4, -0.2) is 117 Å². The highest BCUT2D eigenvalue weighted by molar-refractivity contribution is 6.07. The van der Waals surface area contributed by atoms with Crippen molar-refractivity contribution in [3.05, 3.63) is 70.3 Å². The van der Waals surface area contributed by atoms with Crippen LogP contribution in [0.1, 0.15) is 37.0 Å². The van der Waals surface area contributed by atoms with Gasteiger partial charge in [-0.1, -0.05) is 25.6 Å². The summed E-state index contributed by atoms with van der Waals surface area (Å²) in [6, 6.07) is 12.5. The number of carbonyl (C=O) groups excluding carboxylic acids is 2. The molecule has 0 radical (unpaired) electrons. The second-order valence-corrected chi connectivity index (χ2v) is 14.5. The molecule has 2 amide bonds. The number of fused-ring (bicyclic) bond motifs is 5. The quantitative estimate of drug-likeness (QED) is 0.193. The molecule has 0 aliphatic carbocycles. The number of nitrogens with zero attached hydrogens (tertiary/aromatic N) is 5. The molecule has 0 spiro atoms. The van der Waals surface area contributed by atoms with E-state index in [1.807, 2.05) is 60.3 Å². The van der Waals surface area contributed by atoms with Crippen molar-refractivity contribution >= 4 is 50.3 Å². The van der Waals surface area contributed by atoms with Crippen LogP contribution in [0.2, 0.25) is 0 Å². The molecule has 3 aliphatic rings. The van der Waals surface area contributed by atoms with Crippen LogP contribution in [0.4, 0.5) is 10.1 Å². The van der Waals surface area contributed by atoms with E-state index in [1.165, 1.54) is 6.07 Å². The number of likely N-dealkylation sites (N-methyl/N-ethyl adjacent to an activating group) is 1. The third kappa shape index (κ3) is 6.96. The second-order valence-electron chi connectivity index (χ2n) is 14.5. The highest BCUT2D eigenvalue weighted by atomic mass is 19.1. The molecular weight excluding hydrogens is 677 g/mol. The number of benzene rings is 3. The number of rotatable bonds is 10. The molecule has 0 saturated carbocycles. The van der Waals surface area contributed by atoms with E-state index < -0.39 is 17.2 Å². The van der Waals surface area contributed by atoms with Gasteiger partial charge in [-0.15, -0.1) is 0 Å². The van der Waals surface area contributed by atoms with Crippen LogP contribution >= 0.6 is 0 Å². The number of piperazine rings is 1. The molecule has 2 aromatic heterocycles. The van der Waals surface area contributed by atoms with Crippen molar-refractivity contribution < 1.29 is 23.1 Å². The van der Waals surface area contributed by atoms with E-state index in [4.69, 9.17) is 9.15 Å². The van der Waals surface area contributed by atoms with Crippen molar-refractivity contribution in [2.75, 3.05) is 84.9 Å². The topological polar surface area (TPSA) is 116 Å². The van der Waals surface area contributed by atoms with Gasteiger partial charge in [0.1, 0.15) is 27.9 Å². The molecule has 1 atom stereocenters. The molecule has 5 aromatic rings. The van der Waals surface area contributed by atoms with Gasteiger partial charge in [-0.2, -0.15) is 0 Å². The van der Waals surface area contributed by atoms with Crippen molar-refractivity contribution in [1.82, 2.24) is 29.9 Å². The Morgan fingerprint density at radius 2 is 1.79 bits per heavy atom. The van der Waals surface area contributed by atoms with E-state index in [0.29, 0.717) is 67.1 Å². The van der Waals surface area contributed by atoms with Crippen LogP contribution in [-0.2, 0) is 4.79 Å². The van der Waals surface area contributed by atoms with Crippen LogP contribution in [0, 0.1) is 5.82 Å². The normalized spacial score (nSPS) is 17.3. The minimum absolute atomic E-state index is 0. The first kappa shape index (κ1) is 36.4. The summed E-state index contributed by atoms with van der Waals surface area (Å²) in [5.41, 5.74) is 1.83. The Balaban J connectivity index is 0.00000435. The van der Waals surface area contributed by atoms with Gasteiger partial charge in [-0.05, 0) is 58.7 Å². The lowest BCUT2D eigenvalue weighted by atomic mass is 10.0. The van der Waals surface area contributed by atoms with Gasteiger partial charge >= 0.3 is 0 Å². The van der Waals surface area contributed by atoms with Gasteiger partial charge in [0.05, 0.1) is 11.1 Å². The number of anilines is 1. The molecule has 0 bridgehead atoms. The molecule has 2 saturated heterocycles. The Bertz CT molecular complexity index is 2260. The standard InChI is InChI=1S/C39H44FN7O5.CH4/c1-43(2)13-10-34(48)42-24-9-14-46(22-24)36-29(40)19-27-35-38(36)52-33-20-26-25-7-4-5-8-31(25)51-32(26)21-30(33)47(35)23-28(37(27)49)39(50)41-11-6-12-45-17-15-44(3)16-18-45;/h4-5,7-8,19-21,23-24H,6,9-18,22H2,1-3H3,(H,41,50)(H,42,48);1H4/t24-;/m1./s1. The summed E-state index contributed by atoms with van der Waals surface area (Å²) >= 11 is 0. The number of para-hydroxylation sites is 1. The Labute approximate surface area is 308 Å². The average molecular weight is 726 g/mol. The van der Waals surface area contributed by atoms with E-state index in [0.717, 1.165) is 49.9 Å². The Hall–Kier alpha value is -4.98. The lowest BCUT2D eigenvalue weighted by molar-refractivity contribution is -0.121. The summed E-state index contributed by atoms with van der Waals surface area (Å²) in [6.07, 6.45) is 3.28. The van der Waals surface area contributed by atoms with Crippen LogP contribution in [0.15, 0.2) is 57.9 Å². The highest BCUT2D eigenvalue weighted by Gasteiger charge is 2.34. The monoisotopic (exact) mass is 725 g/mol. The molecule has 3 aliphatic heterocycles. The van der Waals surface area contributed by atoms with Crippen LogP contribution in [0.3, 0.4) is 0 Å². The van der Waals surface area contributed by atoms with Crippen molar-refractivity contribution in [2.24, 2.45) is 0 Å². The molecule has 12 nitrogen and oxygen atoms in total. The number of amides is 2. The first-order valence-corrected chi connectivity index (χ1v) is 18.1. The SMILES string of the molecule is C.CN(C)CCC(=O)N[C@@H]1CCN(c2c(F)cc3c(=O)c(C(=O)NCCCN4CCN(C)CC4)cn4c3c2Oc2cc3c(cc2-4)oc2ccccc23)C1. The second kappa shape index (κ2) is 14.8. The first-order chi connectivity index (χ1) is 25.1. The van der Waals surface area contributed by atoms with Gasteiger partial charge in [0.15, 0.2) is 17.3 Å².